The van der Waals surface area contributed by atoms with Gasteiger partial charge in [-0.25, -0.2) is 0 Å². The van der Waals surface area contributed by atoms with Crippen LogP contribution in [0.25, 0.3) is 0 Å². The van der Waals surface area contributed by atoms with Crippen molar-refractivity contribution in [3.05, 3.63) is 0 Å². The van der Waals surface area contributed by atoms with Gasteiger partial charge in [0.25, 0.3) is 0 Å². The monoisotopic (exact) mass is 274 g/mol. The summed E-state index contributed by atoms with van der Waals surface area (Å²) in [5.41, 5.74) is -0.137. The van der Waals surface area contributed by atoms with Crippen LogP contribution in [0.15, 0.2) is 0 Å². The topological polar surface area (TPSA) is 27.7 Å². The van der Waals surface area contributed by atoms with Crippen molar-refractivity contribution < 1.29 is 14.2 Å². The van der Waals surface area contributed by atoms with Crippen molar-refractivity contribution in [1.82, 2.24) is 0 Å². The first-order valence-electron chi connectivity index (χ1n) is 6.74. The second-order valence-corrected chi connectivity index (χ2v) is 9.20. The number of thioether (sulfide) groups is 1. The van der Waals surface area contributed by atoms with Gasteiger partial charge < -0.3 is 14.2 Å². The third-order valence-electron chi connectivity index (χ3n) is 2.97. The first kappa shape index (κ1) is 14.6. The van der Waals surface area contributed by atoms with Gasteiger partial charge in [0, 0.05) is 4.75 Å². The van der Waals surface area contributed by atoms with E-state index in [1.807, 2.05) is 11.8 Å². The molecule has 0 aromatic heterocycles. The lowest BCUT2D eigenvalue weighted by Gasteiger charge is -2.27. The smallest absolute Gasteiger partial charge is 0.113 e. The molecule has 0 bridgehead atoms. The second-order valence-electron chi connectivity index (χ2n) is 7.13. The van der Waals surface area contributed by atoms with Crippen LogP contribution in [0.2, 0.25) is 0 Å². The van der Waals surface area contributed by atoms with Crippen molar-refractivity contribution in [2.45, 2.75) is 75.5 Å². The van der Waals surface area contributed by atoms with Crippen LogP contribution in [0.5, 0.6) is 0 Å². The maximum atomic E-state index is 6.03. The molecule has 3 unspecified atom stereocenters. The Balaban J connectivity index is 1.95. The third kappa shape index (κ3) is 3.62. The number of hydrogen-bond donors (Lipinski definition) is 0. The summed E-state index contributed by atoms with van der Waals surface area (Å²) in [5, 5.41) is 0.434. The molecule has 0 aliphatic carbocycles. The molecule has 0 saturated carbocycles. The Morgan fingerprint density at radius 2 is 1.56 bits per heavy atom. The van der Waals surface area contributed by atoms with Crippen molar-refractivity contribution in [2.24, 2.45) is 0 Å². The molecule has 2 aliphatic rings. The van der Waals surface area contributed by atoms with Gasteiger partial charge in [-0.2, -0.15) is 0 Å². The van der Waals surface area contributed by atoms with E-state index in [2.05, 4.69) is 41.5 Å². The summed E-state index contributed by atoms with van der Waals surface area (Å²) in [7, 11) is 0. The van der Waals surface area contributed by atoms with Crippen LogP contribution in [-0.4, -0.2) is 47.1 Å². The summed E-state index contributed by atoms with van der Waals surface area (Å²) in [5.74, 6) is 0. The minimum atomic E-state index is -0.137. The van der Waals surface area contributed by atoms with Crippen molar-refractivity contribution >= 4 is 11.8 Å². The minimum Gasteiger partial charge on any atom is -0.371 e. The lowest BCUT2D eigenvalue weighted by atomic mass is 10.1. The van der Waals surface area contributed by atoms with Gasteiger partial charge in [0.2, 0.25) is 0 Å². The average Bonchev–Trinajstić information content (AvgIpc) is 2.66. The number of ether oxygens (including phenoxy) is 3. The SMILES string of the molecule is CC(C)(C)OC1COC2C1OC[C@H]2SC(C)(C)C. The van der Waals surface area contributed by atoms with E-state index in [0.717, 1.165) is 6.61 Å². The Bertz CT molecular complexity index is 262. The van der Waals surface area contributed by atoms with E-state index < -0.39 is 0 Å². The van der Waals surface area contributed by atoms with E-state index in [4.69, 9.17) is 14.2 Å². The Morgan fingerprint density at radius 3 is 2.11 bits per heavy atom. The maximum Gasteiger partial charge on any atom is 0.113 e. The minimum absolute atomic E-state index is 0.0839. The van der Waals surface area contributed by atoms with E-state index in [9.17, 15) is 0 Å². The molecule has 2 fully saturated rings. The van der Waals surface area contributed by atoms with Crippen molar-refractivity contribution in [3.8, 4) is 0 Å². The van der Waals surface area contributed by atoms with Gasteiger partial charge in [-0.1, -0.05) is 20.8 Å². The highest BCUT2D eigenvalue weighted by Crippen LogP contribution is 2.40. The molecule has 2 saturated heterocycles. The molecule has 2 heterocycles. The summed E-state index contributed by atoms with van der Waals surface area (Å²) in [6.07, 6.45) is 0.395. The lowest BCUT2D eigenvalue weighted by Crippen LogP contribution is -2.37. The van der Waals surface area contributed by atoms with Crippen LogP contribution in [0, 0.1) is 0 Å². The number of rotatable bonds is 2. The first-order valence-corrected chi connectivity index (χ1v) is 7.62. The van der Waals surface area contributed by atoms with Gasteiger partial charge >= 0.3 is 0 Å². The number of fused-ring (bicyclic) bond motifs is 1. The molecular formula is C14H26O3S. The van der Waals surface area contributed by atoms with Gasteiger partial charge in [-0.15, -0.1) is 11.8 Å². The van der Waals surface area contributed by atoms with Crippen LogP contribution in [0.3, 0.4) is 0 Å². The molecule has 18 heavy (non-hydrogen) atoms. The van der Waals surface area contributed by atoms with Crippen molar-refractivity contribution in [3.63, 3.8) is 0 Å². The second kappa shape index (κ2) is 4.97. The van der Waals surface area contributed by atoms with E-state index in [1.165, 1.54) is 0 Å². The van der Waals surface area contributed by atoms with Crippen LogP contribution in [0.1, 0.15) is 41.5 Å². The molecule has 4 heteroatoms. The highest BCUT2D eigenvalue weighted by molar-refractivity contribution is 8.01. The highest BCUT2D eigenvalue weighted by Gasteiger charge is 2.50. The quantitative estimate of drug-likeness (QED) is 0.774. The Morgan fingerprint density at radius 1 is 0.944 bits per heavy atom. The van der Waals surface area contributed by atoms with Gasteiger partial charge in [-0.3, -0.25) is 0 Å². The molecule has 0 spiro atoms. The van der Waals surface area contributed by atoms with Crippen LogP contribution < -0.4 is 0 Å². The molecule has 0 amide bonds. The zero-order chi connectivity index (χ0) is 13.6. The zero-order valence-corrected chi connectivity index (χ0v) is 13.2. The summed E-state index contributed by atoms with van der Waals surface area (Å²) in [6.45, 7) is 14.4. The fourth-order valence-electron chi connectivity index (χ4n) is 2.54. The Labute approximate surface area is 115 Å². The lowest BCUT2D eigenvalue weighted by molar-refractivity contribution is -0.102. The van der Waals surface area contributed by atoms with Gasteiger partial charge in [-0.05, 0) is 20.8 Å². The van der Waals surface area contributed by atoms with Gasteiger partial charge in [0.05, 0.1) is 24.1 Å². The maximum absolute atomic E-state index is 6.03. The predicted molar refractivity (Wildman–Crippen MR) is 75.2 cm³/mol. The van der Waals surface area contributed by atoms with Gasteiger partial charge in [0.1, 0.15) is 18.3 Å². The van der Waals surface area contributed by atoms with Gasteiger partial charge in [0.15, 0.2) is 0 Å². The fourth-order valence-corrected chi connectivity index (χ4v) is 3.96. The summed E-state index contributed by atoms with van der Waals surface area (Å²) < 4.78 is 18.1. The van der Waals surface area contributed by atoms with Crippen LogP contribution in [0.4, 0.5) is 0 Å². The molecular weight excluding hydrogens is 248 g/mol. The summed E-state index contributed by atoms with van der Waals surface area (Å²) in [4.78, 5) is 0. The van der Waals surface area contributed by atoms with Crippen molar-refractivity contribution in [2.75, 3.05) is 13.2 Å². The average molecular weight is 274 g/mol. The largest absolute Gasteiger partial charge is 0.371 e. The van der Waals surface area contributed by atoms with Crippen LogP contribution >= 0.6 is 11.8 Å². The molecule has 106 valence electrons. The van der Waals surface area contributed by atoms with Crippen molar-refractivity contribution in [1.29, 1.82) is 0 Å². The highest BCUT2D eigenvalue weighted by atomic mass is 32.2. The normalized spacial score (nSPS) is 37.0. The Hall–Kier alpha value is 0.230. The molecule has 3 nitrogen and oxygen atoms in total. The standard InChI is InChI=1S/C14H26O3S/c1-13(2,3)17-9-7-15-12-10(8-16-11(9)12)18-14(4,5)6/h9-12H,7-8H2,1-6H3/t9?,10-,11?,12?/m1/s1. The van der Waals surface area contributed by atoms with E-state index in [-0.39, 0.29) is 28.7 Å². The van der Waals surface area contributed by atoms with E-state index in [1.54, 1.807) is 0 Å². The zero-order valence-electron chi connectivity index (χ0n) is 12.4. The molecule has 0 N–H and O–H groups in total. The molecule has 0 aromatic carbocycles. The molecule has 4 atom stereocenters. The molecule has 0 radical (unpaired) electrons. The molecule has 2 aliphatic heterocycles. The number of hydrogen-bond acceptors (Lipinski definition) is 4. The summed E-state index contributed by atoms with van der Waals surface area (Å²) in [6, 6.07) is 0. The fraction of sp³-hybridized carbons (Fsp3) is 1.00. The third-order valence-corrected chi connectivity index (χ3v) is 4.39. The summed E-state index contributed by atoms with van der Waals surface area (Å²) >= 11 is 1.96. The van der Waals surface area contributed by atoms with Crippen LogP contribution in [-0.2, 0) is 14.2 Å². The molecule has 0 aromatic rings. The Kier molecular flexibility index (Phi) is 4.04. The predicted octanol–water partition coefficient (Wildman–Crippen LogP) is 2.87. The van der Waals surface area contributed by atoms with E-state index >= 15 is 0 Å². The van der Waals surface area contributed by atoms with E-state index in [0.29, 0.717) is 11.9 Å². The molecule has 2 rings (SSSR count). The first-order chi connectivity index (χ1) is 8.16.